The molecule has 0 saturated carbocycles. The Labute approximate surface area is 155 Å². The first kappa shape index (κ1) is 19.6. The molecule has 2 rings (SSSR count). The number of carbonyl (C=O) groups is 1. The quantitative estimate of drug-likeness (QED) is 0.680. The summed E-state index contributed by atoms with van der Waals surface area (Å²) < 4.78 is 0. The van der Waals surface area contributed by atoms with Gasteiger partial charge in [0.15, 0.2) is 0 Å². The zero-order valence-corrected chi connectivity index (χ0v) is 16.0. The largest absolute Gasteiger partial charge is 0.356 e. The summed E-state index contributed by atoms with van der Waals surface area (Å²) in [4.78, 5) is 14.5. The molecule has 1 aromatic carbocycles. The van der Waals surface area contributed by atoms with Gasteiger partial charge in [-0.1, -0.05) is 36.2 Å². The van der Waals surface area contributed by atoms with Crippen LogP contribution in [-0.2, 0) is 11.2 Å². The number of benzene rings is 1. The molecule has 0 radical (unpaired) electrons. The van der Waals surface area contributed by atoms with E-state index in [0.29, 0.717) is 22.9 Å². The third-order valence-electron chi connectivity index (χ3n) is 4.74. The average molecular weight is 371 g/mol. The number of hydrogen-bond acceptors (Lipinski definition) is 2. The summed E-state index contributed by atoms with van der Waals surface area (Å²) in [5.41, 5.74) is 0.968. The lowest BCUT2D eigenvalue weighted by Gasteiger charge is -2.30. The van der Waals surface area contributed by atoms with Gasteiger partial charge >= 0.3 is 0 Å². The molecule has 1 heterocycles. The number of amides is 1. The van der Waals surface area contributed by atoms with E-state index in [9.17, 15) is 4.79 Å². The predicted octanol–water partition coefficient (Wildman–Crippen LogP) is 4.55. The van der Waals surface area contributed by atoms with E-state index >= 15 is 0 Å². The van der Waals surface area contributed by atoms with Gasteiger partial charge < -0.3 is 10.2 Å². The first-order chi connectivity index (χ1) is 11.5. The van der Waals surface area contributed by atoms with Crippen LogP contribution in [0.1, 0.15) is 44.6 Å². The highest BCUT2D eigenvalue weighted by Gasteiger charge is 2.14. The number of rotatable bonds is 8. The van der Waals surface area contributed by atoms with E-state index < -0.39 is 0 Å². The molecule has 0 unspecified atom stereocenters. The molecule has 134 valence electrons. The topological polar surface area (TPSA) is 32.3 Å². The van der Waals surface area contributed by atoms with Gasteiger partial charge in [0.1, 0.15) is 0 Å². The van der Waals surface area contributed by atoms with Gasteiger partial charge in [0.25, 0.3) is 0 Å². The van der Waals surface area contributed by atoms with Gasteiger partial charge in [-0.05, 0) is 75.4 Å². The maximum absolute atomic E-state index is 11.9. The molecule has 0 aliphatic carbocycles. The number of halogens is 2. The van der Waals surface area contributed by atoms with Crippen LogP contribution in [0, 0.1) is 5.92 Å². The summed E-state index contributed by atoms with van der Waals surface area (Å²) in [7, 11) is 0. The van der Waals surface area contributed by atoms with E-state index in [-0.39, 0.29) is 5.91 Å². The molecular weight excluding hydrogens is 343 g/mol. The summed E-state index contributed by atoms with van der Waals surface area (Å²) in [6.45, 7) is 6.72. The van der Waals surface area contributed by atoms with Gasteiger partial charge in [-0.15, -0.1) is 0 Å². The van der Waals surface area contributed by atoms with Crippen molar-refractivity contribution in [3.05, 3.63) is 33.8 Å². The van der Waals surface area contributed by atoms with Gasteiger partial charge in [-0.3, -0.25) is 4.79 Å². The Morgan fingerprint density at radius 2 is 2.00 bits per heavy atom. The van der Waals surface area contributed by atoms with Gasteiger partial charge in [0, 0.05) is 23.0 Å². The van der Waals surface area contributed by atoms with Crippen molar-refractivity contribution in [2.75, 3.05) is 26.2 Å². The van der Waals surface area contributed by atoms with E-state index in [1.54, 1.807) is 6.07 Å². The number of likely N-dealkylation sites (tertiary alicyclic amines) is 1. The molecule has 1 aliphatic heterocycles. The first-order valence-corrected chi connectivity index (χ1v) is 9.73. The smallest absolute Gasteiger partial charge is 0.220 e. The molecule has 1 aromatic rings. The Morgan fingerprint density at radius 3 is 2.71 bits per heavy atom. The third-order valence-corrected chi connectivity index (χ3v) is 5.32. The molecular formula is C19H28Cl2N2O. The third kappa shape index (κ3) is 7.00. The molecule has 24 heavy (non-hydrogen) atoms. The number of aryl methyl sites for hydroxylation is 1. The normalized spacial score (nSPS) is 16.3. The van der Waals surface area contributed by atoms with Crippen molar-refractivity contribution in [3.63, 3.8) is 0 Å². The van der Waals surface area contributed by atoms with Gasteiger partial charge in [0.2, 0.25) is 5.91 Å². The molecule has 5 heteroatoms. The Hall–Kier alpha value is -0.770. The molecule has 0 aromatic heterocycles. The van der Waals surface area contributed by atoms with Crippen LogP contribution in [0.15, 0.2) is 18.2 Å². The van der Waals surface area contributed by atoms with Crippen molar-refractivity contribution in [2.24, 2.45) is 5.92 Å². The zero-order valence-electron chi connectivity index (χ0n) is 14.5. The Kier molecular flexibility index (Phi) is 8.37. The second kappa shape index (κ2) is 10.3. The number of nitrogens with zero attached hydrogens (tertiary/aromatic N) is 1. The van der Waals surface area contributed by atoms with Crippen molar-refractivity contribution >= 4 is 29.1 Å². The second-order valence-corrected chi connectivity index (χ2v) is 7.66. The lowest BCUT2D eigenvalue weighted by molar-refractivity contribution is -0.121. The van der Waals surface area contributed by atoms with Crippen molar-refractivity contribution in [2.45, 2.75) is 45.4 Å². The number of piperidine rings is 1. The average Bonchev–Trinajstić information content (AvgIpc) is 2.55. The molecule has 1 aliphatic rings. The lowest BCUT2D eigenvalue weighted by atomic mass is 9.99. The van der Waals surface area contributed by atoms with E-state index in [2.05, 4.69) is 17.1 Å². The molecule has 1 saturated heterocycles. The van der Waals surface area contributed by atoms with Crippen molar-refractivity contribution in [1.82, 2.24) is 10.2 Å². The zero-order chi connectivity index (χ0) is 17.4. The maximum atomic E-state index is 11.9. The Balaban J connectivity index is 1.53. The summed E-state index contributed by atoms with van der Waals surface area (Å²) in [6, 6.07) is 5.41. The highest BCUT2D eigenvalue weighted by Crippen LogP contribution is 2.22. The van der Waals surface area contributed by atoms with Crippen LogP contribution >= 0.6 is 23.2 Å². The lowest BCUT2D eigenvalue weighted by Crippen LogP contribution is -2.34. The summed E-state index contributed by atoms with van der Waals surface area (Å²) >= 11 is 12.0. The molecule has 1 amide bonds. The van der Waals surface area contributed by atoms with Gasteiger partial charge in [0.05, 0.1) is 0 Å². The number of unbranched alkanes of at least 4 members (excludes halogenated alkanes) is 1. The minimum absolute atomic E-state index is 0.0906. The van der Waals surface area contributed by atoms with Crippen molar-refractivity contribution in [3.8, 4) is 0 Å². The first-order valence-electron chi connectivity index (χ1n) is 8.97. The van der Waals surface area contributed by atoms with E-state index in [4.69, 9.17) is 23.2 Å². The molecule has 1 N–H and O–H groups in total. The van der Waals surface area contributed by atoms with Gasteiger partial charge in [-0.2, -0.15) is 0 Å². The molecule has 0 bridgehead atoms. The van der Waals surface area contributed by atoms with Crippen LogP contribution in [0.3, 0.4) is 0 Å². The summed E-state index contributed by atoms with van der Waals surface area (Å²) in [6.07, 6.45) is 5.95. The highest BCUT2D eigenvalue weighted by atomic mass is 35.5. The molecule has 0 atom stereocenters. The van der Waals surface area contributed by atoms with Crippen LogP contribution in [0.4, 0.5) is 0 Å². The molecule has 1 fully saturated rings. The van der Waals surface area contributed by atoms with E-state index in [1.165, 1.54) is 25.9 Å². The fraction of sp³-hybridized carbons (Fsp3) is 0.632. The van der Waals surface area contributed by atoms with E-state index in [1.807, 2.05) is 12.1 Å². The van der Waals surface area contributed by atoms with Crippen LogP contribution in [0.2, 0.25) is 10.0 Å². The fourth-order valence-corrected chi connectivity index (χ4v) is 3.54. The van der Waals surface area contributed by atoms with Crippen molar-refractivity contribution in [1.29, 1.82) is 0 Å². The fourth-order valence-electron chi connectivity index (χ4n) is 3.03. The number of hydrogen-bond donors (Lipinski definition) is 1. The second-order valence-electron chi connectivity index (χ2n) is 6.82. The van der Waals surface area contributed by atoms with E-state index in [0.717, 1.165) is 37.4 Å². The SMILES string of the molecule is CC1CCN(CCCCNC(=O)CCc2ccc(Cl)cc2Cl)CC1. The van der Waals surface area contributed by atoms with Crippen molar-refractivity contribution < 1.29 is 4.79 Å². The monoisotopic (exact) mass is 370 g/mol. The molecule has 0 spiro atoms. The van der Waals surface area contributed by atoms with Crippen LogP contribution in [0.5, 0.6) is 0 Å². The highest BCUT2D eigenvalue weighted by molar-refractivity contribution is 6.35. The minimum atomic E-state index is 0.0906. The summed E-state index contributed by atoms with van der Waals surface area (Å²) in [5, 5.41) is 4.25. The minimum Gasteiger partial charge on any atom is -0.356 e. The van der Waals surface area contributed by atoms with Crippen LogP contribution in [0.25, 0.3) is 0 Å². The number of nitrogens with one attached hydrogen (secondary N) is 1. The number of carbonyl (C=O) groups excluding carboxylic acids is 1. The van der Waals surface area contributed by atoms with Gasteiger partial charge in [-0.25, -0.2) is 0 Å². The van der Waals surface area contributed by atoms with Crippen LogP contribution in [-0.4, -0.2) is 37.0 Å². The molecule has 3 nitrogen and oxygen atoms in total. The predicted molar refractivity (Wildman–Crippen MR) is 102 cm³/mol. The Bertz CT molecular complexity index is 528. The maximum Gasteiger partial charge on any atom is 0.220 e. The van der Waals surface area contributed by atoms with Crippen LogP contribution < -0.4 is 5.32 Å². The Morgan fingerprint density at radius 1 is 1.25 bits per heavy atom. The standard InChI is InChI=1S/C19H28Cl2N2O/c1-15-8-12-23(13-9-15)11-3-2-10-22-19(24)7-5-16-4-6-17(20)14-18(16)21/h4,6,14-15H,2-3,5,7-13H2,1H3,(H,22,24). The summed E-state index contributed by atoms with van der Waals surface area (Å²) in [5.74, 6) is 0.975.